The maximum absolute atomic E-state index is 12.5. The van der Waals surface area contributed by atoms with Gasteiger partial charge in [-0.1, -0.05) is 48.0 Å². The van der Waals surface area contributed by atoms with Crippen LogP contribution in [0.4, 0.5) is 5.69 Å². The molecule has 140 valence electrons. The molecule has 2 aromatic rings. The highest BCUT2D eigenvalue weighted by Crippen LogP contribution is 2.32. The molecule has 0 spiro atoms. The van der Waals surface area contributed by atoms with E-state index in [2.05, 4.69) is 0 Å². The average Bonchev–Trinajstić information content (AvgIpc) is 3.05. The van der Waals surface area contributed by atoms with Crippen molar-refractivity contribution in [3.8, 4) is 0 Å². The SMILES string of the molecule is Cc1c(Cl)cccc1N1C[C@H](C(=O)O[C@H](C)C(=O)c2ccccc2)CC1=O. The van der Waals surface area contributed by atoms with Gasteiger partial charge in [0, 0.05) is 29.2 Å². The van der Waals surface area contributed by atoms with Crippen molar-refractivity contribution < 1.29 is 19.1 Å². The molecular weight excluding hydrogens is 366 g/mol. The summed E-state index contributed by atoms with van der Waals surface area (Å²) in [4.78, 5) is 38.8. The van der Waals surface area contributed by atoms with Crippen molar-refractivity contribution in [2.45, 2.75) is 26.4 Å². The third-order valence-electron chi connectivity index (χ3n) is 4.71. The number of halogens is 1. The summed E-state index contributed by atoms with van der Waals surface area (Å²) in [5.74, 6) is -1.58. The molecule has 0 saturated carbocycles. The largest absolute Gasteiger partial charge is 0.454 e. The van der Waals surface area contributed by atoms with E-state index in [0.29, 0.717) is 16.3 Å². The van der Waals surface area contributed by atoms with Crippen molar-refractivity contribution in [2.75, 3.05) is 11.4 Å². The van der Waals surface area contributed by atoms with Crippen LogP contribution in [0.25, 0.3) is 0 Å². The van der Waals surface area contributed by atoms with Gasteiger partial charge in [-0.25, -0.2) is 0 Å². The van der Waals surface area contributed by atoms with Crippen molar-refractivity contribution >= 4 is 34.9 Å². The van der Waals surface area contributed by atoms with Crippen LogP contribution >= 0.6 is 11.6 Å². The van der Waals surface area contributed by atoms with E-state index in [0.717, 1.165) is 5.56 Å². The second-order valence-corrected chi connectivity index (χ2v) is 7.01. The lowest BCUT2D eigenvalue weighted by Gasteiger charge is -2.20. The Balaban J connectivity index is 1.67. The van der Waals surface area contributed by atoms with Crippen LogP contribution in [0, 0.1) is 12.8 Å². The van der Waals surface area contributed by atoms with E-state index in [1.807, 2.05) is 13.0 Å². The minimum atomic E-state index is -0.906. The zero-order valence-electron chi connectivity index (χ0n) is 15.1. The summed E-state index contributed by atoms with van der Waals surface area (Å²) in [5.41, 5.74) is 1.96. The van der Waals surface area contributed by atoms with Crippen LogP contribution in [0.1, 0.15) is 29.3 Å². The van der Waals surface area contributed by atoms with E-state index >= 15 is 0 Å². The van der Waals surface area contributed by atoms with Crippen molar-refractivity contribution in [2.24, 2.45) is 5.92 Å². The smallest absolute Gasteiger partial charge is 0.312 e. The zero-order chi connectivity index (χ0) is 19.6. The van der Waals surface area contributed by atoms with Gasteiger partial charge in [-0.15, -0.1) is 0 Å². The Morgan fingerprint density at radius 2 is 1.85 bits per heavy atom. The summed E-state index contributed by atoms with van der Waals surface area (Å²) in [6.45, 7) is 3.59. The first kappa shape index (κ1) is 19.1. The summed E-state index contributed by atoms with van der Waals surface area (Å²) < 4.78 is 5.34. The number of anilines is 1. The first-order valence-corrected chi connectivity index (χ1v) is 9.11. The molecule has 3 rings (SSSR count). The van der Waals surface area contributed by atoms with Crippen LogP contribution in [-0.4, -0.2) is 30.3 Å². The quantitative estimate of drug-likeness (QED) is 0.579. The van der Waals surface area contributed by atoms with E-state index in [9.17, 15) is 14.4 Å². The molecule has 0 N–H and O–H groups in total. The number of hydrogen-bond acceptors (Lipinski definition) is 4. The molecule has 0 aliphatic carbocycles. The standard InChI is InChI=1S/C21H20ClNO4/c1-13-17(22)9-6-10-18(13)23-12-16(11-19(23)24)21(26)27-14(2)20(25)15-7-4-3-5-8-15/h3-10,14,16H,11-12H2,1-2H3/t14-,16-/m1/s1. The van der Waals surface area contributed by atoms with Crippen LogP contribution in [0.15, 0.2) is 48.5 Å². The fourth-order valence-electron chi connectivity index (χ4n) is 3.15. The van der Waals surface area contributed by atoms with Gasteiger partial charge in [-0.3, -0.25) is 14.4 Å². The van der Waals surface area contributed by atoms with Gasteiger partial charge in [0.2, 0.25) is 11.7 Å². The molecular formula is C21H20ClNO4. The first-order chi connectivity index (χ1) is 12.9. The fraction of sp³-hybridized carbons (Fsp3) is 0.286. The lowest BCUT2D eigenvalue weighted by molar-refractivity contribution is -0.151. The van der Waals surface area contributed by atoms with E-state index in [-0.39, 0.29) is 24.7 Å². The summed E-state index contributed by atoms with van der Waals surface area (Å²) in [6.07, 6.45) is -0.853. The number of carbonyl (C=O) groups is 3. The maximum Gasteiger partial charge on any atom is 0.312 e. The average molecular weight is 386 g/mol. The van der Waals surface area contributed by atoms with Crippen LogP contribution in [-0.2, 0) is 14.3 Å². The molecule has 0 unspecified atom stereocenters. The zero-order valence-corrected chi connectivity index (χ0v) is 15.9. The van der Waals surface area contributed by atoms with E-state index in [1.165, 1.54) is 0 Å². The van der Waals surface area contributed by atoms with Crippen LogP contribution in [0.2, 0.25) is 5.02 Å². The second kappa shape index (κ2) is 7.92. The Labute approximate surface area is 162 Å². The normalized spacial score (nSPS) is 17.7. The molecule has 0 aromatic heterocycles. The van der Waals surface area contributed by atoms with E-state index < -0.39 is 18.0 Å². The Morgan fingerprint density at radius 1 is 1.15 bits per heavy atom. The van der Waals surface area contributed by atoms with Crippen LogP contribution < -0.4 is 4.90 Å². The fourth-order valence-corrected chi connectivity index (χ4v) is 3.32. The summed E-state index contributed by atoms with van der Waals surface area (Å²) in [5, 5.41) is 0.563. The maximum atomic E-state index is 12.5. The van der Waals surface area contributed by atoms with Gasteiger partial charge in [-0.05, 0) is 31.5 Å². The molecule has 5 nitrogen and oxygen atoms in total. The highest BCUT2D eigenvalue weighted by atomic mass is 35.5. The predicted molar refractivity (Wildman–Crippen MR) is 103 cm³/mol. The van der Waals surface area contributed by atoms with Gasteiger partial charge in [0.1, 0.15) is 0 Å². The molecule has 1 aliphatic rings. The lowest BCUT2D eigenvalue weighted by Crippen LogP contribution is -2.30. The number of carbonyl (C=O) groups excluding carboxylic acids is 3. The van der Waals surface area contributed by atoms with Crippen LogP contribution in [0.5, 0.6) is 0 Å². The van der Waals surface area contributed by atoms with Gasteiger partial charge >= 0.3 is 5.97 Å². The molecule has 1 aliphatic heterocycles. The molecule has 1 saturated heterocycles. The molecule has 1 heterocycles. The minimum absolute atomic E-state index is 0.0526. The van der Waals surface area contributed by atoms with Gasteiger partial charge in [-0.2, -0.15) is 0 Å². The molecule has 2 aromatic carbocycles. The number of ether oxygens (including phenoxy) is 1. The third-order valence-corrected chi connectivity index (χ3v) is 5.12. The highest BCUT2D eigenvalue weighted by Gasteiger charge is 2.38. The first-order valence-electron chi connectivity index (χ1n) is 8.73. The molecule has 1 amide bonds. The lowest BCUT2D eigenvalue weighted by atomic mass is 10.1. The number of Topliss-reactive ketones (excluding diaryl/α,β-unsaturated/α-hetero) is 1. The van der Waals surface area contributed by atoms with Crippen molar-refractivity contribution in [1.82, 2.24) is 0 Å². The molecule has 6 heteroatoms. The van der Waals surface area contributed by atoms with Crippen molar-refractivity contribution in [3.63, 3.8) is 0 Å². The third kappa shape index (κ3) is 4.03. The number of esters is 1. The highest BCUT2D eigenvalue weighted by molar-refractivity contribution is 6.31. The second-order valence-electron chi connectivity index (χ2n) is 6.60. The van der Waals surface area contributed by atoms with E-state index in [1.54, 1.807) is 54.3 Å². The minimum Gasteiger partial charge on any atom is -0.454 e. The molecule has 1 fully saturated rings. The topological polar surface area (TPSA) is 63.7 Å². The Kier molecular flexibility index (Phi) is 5.61. The van der Waals surface area contributed by atoms with Crippen molar-refractivity contribution in [3.05, 3.63) is 64.7 Å². The molecule has 0 radical (unpaired) electrons. The monoisotopic (exact) mass is 385 g/mol. The number of nitrogens with zero attached hydrogens (tertiary/aromatic N) is 1. The Hall–Kier alpha value is -2.66. The van der Waals surface area contributed by atoms with Gasteiger partial charge < -0.3 is 9.64 Å². The van der Waals surface area contributed by atoms with Gasteiger partial charge in [0.25, 0.3) is 0 Å². The molecule has 0 bridgehead atoms. The van der Waals surface area contributed by atoms with Gasteiger partial charge in [0.05, 0.1) is 5.92 Å². The number of ketones is 1. The Bertz CT molecular complexity index is 881. The molecule has 27 heavy (non-hydrogen) atoms. The van der Waals surface area contributed by atoms with E-state index in [4.69, 9.17) is 16.3 Å². The molecule has 2 atom stereocenters. The number of amides is 1. The van der Waals surface area contributed by atoms with Gasteiger partial charge in [0.15, 0.2) is 6.10 Å². The summed E-state index contributed by atoms with van der Waals surface area (Å²) in [7, 11) is 0. The van der Waals surface area contributed by atoms with Crippen LogP contribution in [0.3, 0.4) is 0 Å². The van der Waals surface area contributed by atoms with Crippen molar-refractivity contribution in [1.29, 1.82) is 0 Å². The Morgan fingerprint density at radius 3 is 2.56 bits per heavy atom. The summed E-state index contributed by atoms with van der Waals surface area (Å²) in [6, 6.07) is 14.0. The number of hydrogen-bond donors (Lipinski definition) is 0. The number of benzene rings is 2. The predicted octanol–water partition coefficient (Wildman–Crippen LogP) is 3.82. The summed E-state index contributed by atoms with van der Waals surface area (Å²) >= 11 is 6.13. The number of rotatable bonds is 5.